The van der Waals surface area contributed by atoms with Gasteiger partial charge in [0.25, 0.3) is 20.2 Å². The maximum Gasteiger partial charge on any atom is 0.294 e. The van der Waals surface area contributed by atoms with Crippen LogP contribution in [-0.2, 0) is 20.2 Å². The molecule has 0 unspecified atom stereocenters. The fourth-order valence-corrected chi connectivity index (χ4v) is 3.87. The second-order valence-electron chi connectivity index (χ2n) is 6.31. The van der Waals surface area contributed by atoms with Crippen molar-refractivity contribution in [1.29, 1.82) is 0 Å². The number of nitrogens with one attached hydrogen (secondary N) is 1. The number of hydrogen-bond acceptors (Lipinski definition) is 7. The Labute approximate surface area is 163 Å². The van der Waals surface area contributed by atoms with E-state index in [4.69, 9.17) is 5.73 Å². The van der Waals surface area contributed by atoms with Gasteiger partial charge in [-0.2, -0.15) is 16.8 Å². The molecule has 154 valence electrons. The average Bonchev–Trinajstić information content (AvgIpc) is 2.58. The number of ketones is 1. The highest BCUT2D eigenvalue weighted by atomic mass is 32.2. The quantitative estimate of drug-likeness (QED) is 0.201. The number of carbonyl (C=O) groups excluding carboxylic acids is 1. The smallest absolute Gasteiger partial charge is 0.294 e. The summed E-state index contributed by atoms with van der Waals surface area (Å²) in [7, 11) is -9.27. The Balaban J connectivity index is 2.58. The lowest BCUT2D eigenvalue weighted by Gasteiger charge is -2.12. The SMILES string of the molecule is CCCCNCCC(=O)c1cc(S(=O)(=O)O)cc2cc(S(=O)(=O)O)cc(N)c12. The second kappa shape index (κ2) is 8.53. The van der Waals surface area contributed by atoms with Crippen LogP contribution < -0.4 is 11.1 Å². The highest BCUT2D eigenvalue weighted by molar-refractivity contribution is 7.86. The van der Waals surface area contributed by atoms with E-state index in [1.165, 1.54) is 0 Å². The fourth-order valence-electron chi connectivity index (χ4n) is 2.77. The van der Waals surface area contributed by atoms with Gasteiger partial charge in [-0.05, 0) is 42.6 Å². The Morgan fingerprint density at radius 1 is 1.00 bits per heavy atom. The van der Waals surface area contributed by atoms with Crippen molar-refractivity contribution in [3.63, 3.8) is 0 Å². The van der Waals surface area contributed by atoms with Gasteiger partial charge in [-0.1, -0.05) is 13.3 Å². The van der Waals surface area contributed by atoms with Crippen molar-refractivity contribution in [2.24, 2.45) is 0 Å². The van der Waals surface area contributed by atoms with E-state index in [9.17, 15) is 30.7 Å². The van der Waals surface area contributed by atoms with Gasteiger partial charge >= 0.3 is 0 Å². The molecule has 2 aromatic rings. The minimum Gasteiger partial charge on any atom is -0.398 e. The summed E-state index contributed by atoms with van der Waals surface area (Å²) in [6.07, 6.45) is 1.99. The molecule has 0 heterocycles. The molecule has 0 radical (unpaired) electrons. The van der Waals surface area contributed by atoms with Gasteiger partial charge in [0.15, 0.2) is 5.78 Å². The third-order valence-corrected chi connectivity index (χ3v) is 5.82. The predicted molar refractivity (Wildman–Crippen MR) is 105 cm³/mol. The Morgan fingerprint density at radius 3 is 2.11 bits per heavy atom. The highest BCUT2D eigenvalue weighted by Gasteiger charge is 2.21. The van der Waals surface area contributed by atoms with E-state index in [0.717, 1.165) is 43.7 Å². The van der Waals surface area contributed by atoms with Gasteiger partial charge < -0.3 is 11.1 Å². The van der Waals surface area contributed by atoms with E-state index < -0.39 is 35.8 Å². The predicted octanol–water partition coefficient (Wildman–Crippen LogP) is 1.88. The van der Waals surface area contributed by atoms with Gasteiger partial charge in [-0.3, -0.25) is 13.9 Å². The van der Waals surface area contributed by atoms with Crippen LogP contribution in [0.2, 0.25) is 0 Å². The van der Waals surface area contributed by atoms with E-state index in [-0.39, 0.29) is 28.4 Å². The number of nitrogens with two attached hydrogens (primary N) is 1. The first-order chi connectivity index (χ1) is 12.9. The van der Waals surface area contributed by atoms with E-state index >= 15 is 0 Å². The third-order valence-electron chi connectivity index (χ3n) is 4.16. The van der Waals surface area contributed by atoms with Crippen molar-refractivity contribution in [2.45, 2.75) is 36.0 Å². The van der Waals surface area contributed by atoms with Gasteiger partial charge in [0.1, 0.15) is 0 Å². The summed E-state index contributed by atoms with van der Waals surface area (Å²) >= 11 is 0. The summed E-state index contributed by atoms with van der Waals surface area (Å²) in [6.45, 7) is 3.12. The number of nitrogen functional groups attached to an aromatic ring is 1. The van der Waals surface area contributed by atoms with E-state index in [1.54, 1.807) is 0 Å². The van der Waals surface area contributed by atoms with Crippen LogP contribution in [0.4, 0.5) is 5.69 Å². The van der Waals surface area contributed by atoms with Gasteiger partial charge in [-0.25, -0.2) is 0 Å². The summed E-state index contributed by atoms with van der Waals surface area (Å²) in [5.41, 5.74) is 5.72. The first kappa shape index (κ1) is 22.2. The molecule has 0 saturated carbocycles. The van der Waals surface area contributed by atoms with Gasteiger partial charge in [-0.15, -0.1) is 0 Å². The number of Topliss-reactive ketones (excluding diaryl/α,β-unsaturated/α-hetero) is 1. The molecular weight excluding hydrogens is 408 g/mol. The second-order valence-corrected chi connectivity index (χ2v) is 9.15. The lowest BCUT2D eigenvalue weighted by molar-refractivity contribution is 0.0984. The topological polar surface area (TPSA) is 164 Å². The summed E-state index contributed by atoms with van der Waals surface area (Å²) in [5, 5.41) is 3.23. The molecule has 0 atom stereocenters. The molecule has 0 fully saturated rings. The zero-order valence-electron chi connectivity index (χ0n) is 15.2. The van der Waals surface area contributed by atoms with E-state index in [2.05, 4.69) is 5.32 Å². The maximum atomic E-state index is 12.7. The third kappa shape index (κ3) is 5.26. The number of benzene rings is 2. The fraction of sp³-hybridized carbons (Fsp3) is 0.353. The standard InChI is InChI=1S/C17H22N2O7S2/c1-2-3-5-19-6-4-16(20)14-9-12(27(21,22)23)7-11-8-13(28(24,25)26)10-15(18)17(11)14/h7-10,19H,2-6,18H2,1H3,(H,21,22,23)(H,24,25,26). The molecule has 5 N–H and O–H groups in total. The zero-order valence-corrected chi connectivity index (χ0v) is 16.8. The van der Waals surface area contributed by atoms with Crippen molar-refractivity contribution in [2.75, 3.05) is 18.8 Å². The van der Waals surface area contributed by atoms with Crippen molar-refractivity contribution >= 4 is 42.5 Å². The summed E-state index contributed by atoms with van der Waals surface area (Å²) in [4.78, 5) is 11.5. The van der Waals surface area contributed by atoms with Crippen molar-refractivity contribution in [3.05, 3.63) is 29.8 Å². The molecule has 0 aliphatic rings. The molecular formula is C17H22N2O7S2. The lowest BCUT2D eigenvalue weighted by atomic mass is 9.98. The number of carbonyl (C=O) groups is 1. The number of rotatable bonds is 9. The van der Waals surface area contributed by atoms with Crippen molar-refractivity contribution in [3.8, 4) is 0 Å². The van der Waals surface area contributed by atoms with E-state index in [1.807, 2.05) is 6.92 Å². The molecule has 11 heteroatoms. The van der Waals surface area contributed by atoms with Crippen LogP contribution in [0, 0.1) is 0 Å². The molecule has 0 spiro atoms. The maximum absolute atomic E-state index is 12.7. The molecule has 2 aromatic carbocycles. The zero-order chi connectivity index (χ0) is 21.1. The van der Waals surface area contributed by atoms with Gasteiger partial charge in [0, 0.05) is 29.6 Å². The highest BCUT2D eigenvalue weighted by Crippen LogP contribution is 2.32. The van der Waals surface area contributed by atoms with Crippen LogP contribution in [0.5, 0.6) is 0 Å². The van der Waals surface area contributed by atoms with Crippen LogP contribution in [0.25, 0.3) is 10.8 Å². The Kier molecular flexibility index (Phi) is 6.78. The summed E-state index contributed by atoms with van der Waals surface area (Å²) in [6, 6.07) is 3.98. The largest absolute Gasteiger partial charge is 0.398 e. The summed E-state index contributed by atoms with van der Waals surface area (Å²) in [5.74, 6) is -0.425. The molecule has 0 aliphatic carbocycles. The normalized spacial score (nSPS) is 12.4. The minimum atomic E-state index is -4.66. The van der Waals surface area contributed by atoms with Crippen LogP contribution in [-0.4, -0.2) is 44.8 Å². The van der Waals surface area contributed by atoms with Gasteiger partial charge in [0.05, 0.1) is 9.79 Å². The Morgan fingerprint density at radius 2 is 1.57 bits per heavy atom. The molecule has 9 nitrogen and oxygen atoms in total. The van der Waals surface area contributed by atoms with Crippen LogP contribution in [0.3, 0.4) is 0 Å². The van der Waals surface area contributed by atoms with Crippen molar-refractivity contribution < 1.29 is 30.7 Å². The van der Waals surface area contributed by atoms with Gasteiger partial charge in [0.2, 0.25) is 0 Å². The molecule has 28 heavy (non-hydrogen) atoms. The van der Waals surface area contributed by atoms with E-state index in [0.29, 0.717) is 6.54 Å². The first-order valence-electron chi connectivity index (χ1n) is 8.51. The van der Waals surface area contributed by atoms with Crippen LogP contribution >= 0.6 is 0 Å². The number of anilines is 1. The van der Waals surface area contributed by atoms with Crippen LogP contribution in [0.1, 0.15) is 36.5 Å². The monoisotopic (exact) mass is 430 g/mol. The number of fused-ring (bicyclic) bond motifs is 1. The minimum absolute atomic E-state index is 0.00922. The lowest BCUT2D eigenvalue weighted by Crippen LogP contribution is -2.19. The summed E-state index contributed by atoms with van der Waals surface area (Å²) < 4.78 is 64.6. The molecule has 0 aromatic heterocycles. The average molecular weight is 431 g/mol. The Bertz CT molecular complexity index is 1100. The molecule has 2 rings (SSSR count). The number of hydrogen-bond donors (Lipinski definition) is 4. The Hall–Kier alpha value is -2.05. The molecule has 0 saturated heterocycles. The number of unbranched alkanes of at least 4 members (excludes halogenated alkanes) is 1. The molecule has 0 bridgehead atoms. The van der Waals surface area contributed by atoms with Crippen molar-refractivity contribution in [1.82, 2.24) is 5.32 Å². The molecule has 0 amide bonds. The van der Waals surface area contributed by atoms with Crippen LogP contribution in [0.15, 0.2) is 34.1 Å². The molecule has 0 aliphatic heterocycles. The first-order valence-corrected chi connectivity index (χ1v) is 11.4.